The first kappa shape index (κ1) is 20.3. The molecule has 148 valence electrons. The highest BCUT2D eigenvalue weighted by Gasteiger charge is 2.17. The SMILES string of the molecule is Cc1cccc(COc2ccccc2C(=O)OCC(=O)NC(=O)c2cccs2)c1. The number of carbonyl (C=O) groups excluding carboxylic acids is 3. The van der Waals surface area contributed by atoms with Crippen LogP contribution in [0.4, 0.5) is 0 Å². The van der Waals surface area contributed by atoms with Crippen molar-refractivity contribution in [1.29, 1.82) is 0 Å². The third-order valence-corrected chi connectivity index (χ3v) is 4.78. The van der Waals surface area contributed by atoms with Crippen LogP contribution in [0.5, 0.6) is 5.75 Å². The maximum Gasteiger partial charge on any atom is 0.342 e. The van der Waals surface area contributed by atoms with Crippen LogP contribution in [-0.2, 0) is 16.1 Å². The summed E-state index contributed by atoms with van der Waals surface area (Å²) >= 11 is 1.21. The number of ether oxygens (including phenoxy) is 2. The second-order valence-corrected chi connectivity index (χ2v) is 7.15. The van der Waals surface area contributed by atoms with E-state index in [1.165, 1.54) is 11.3 Å². The van der Waals surface area contributed by atoms with E-state index in [4.69, 9.17) is 9.47 Å². The number of hydrogen-bond acceptors (Lipinski definition) is 6. The summed E-state index contributed by atoms with van der Waals surface area (Å²) in [7, 11) is 0. The maximum atomic E-state index is 12.4. The minimum absolute atomic E-state index is 0.206. The summed E-state index contributed by atoms with van der Waals surface area (Å²) in [5.74, 6) is -1.57. The van der Waals surface area contributed by atoms with E-state index in [1.807, 2.05) is 31.2 Å². The first-order valence-electron chi connectivity index (χ1n) is 8.85. The number of para-hydroxylation sites is 1. The molecule has 0 fully saturated rings. The Balaban J connectivity index is 1.56. The lowest BCUT2D eigenvalue weighted by Crippen LogP contribution is -2.33. The second kappa shape index (κ2) is 9.66. The van der Waals surface area contributed by atoms with Gasteiger partial charge in [-0.05, 0) is 36.1 Å². The normalized spacial score (nSPS) is 10.2. The number of nitrogens with one attached hydrogen (secondary N) is 1. The molecule has 7 heteroatoms. The van der Waals surface area contributed by atoms with Gasteiger partial charge in [-0.3, -0.25) is 14.9 Å². The molecular formula is C22H19NO5S. The minimum atomic E-state index is -0.705. The Morgan fingerprint density at radius 2 is 1.83 bits per heavy atom. The summed E-state index contributed by atoms with van der Waals surface area (Å²) in [6.45, 7) is 1.72. The van der Waals surface area contributed by atoms with Gasteiger partial charge < -0.3 is 9.47 Å². The molecule has 0 aliphatic heterocycles. The van der Waals surface area contributed by atoms with Crippen LogP contribution in [0.1, 0.15) is 31.2 Å². The van der Waals surface area contributed by atoms with Crippen LogP contribution in [0.25, 0.3) is 0 Å². The number of benzene rings is 2. The van der Waals surface area contributed by atoms with Crippen LogP contribution in [0, 0.1) is 6.92 Å². The molecule has 3 aromatic rings. The first-order chi connectivity index (χ1) is 14.0. The van der Waals surface area contributed by atoms with E-state index >= 15 is 0 Å². The molecule has 6 nitrogen and oxygen atoms in total. The lowest BCUT2D eigenvalue weighted by atomic mass is 10.1. The number of carbonyl (C=O) groups is 3. The Morgan fingerprint density at radius 1 is 1.00 bits per heavy atom. The van der Waals surface area contributed by atoms with E-state index < -0.39 is 24.4 Å². The molecule has 2 aromatic carbocycles. The van der Waals surface area contributed by atoms with Crippen LogP contribution < -0.4 is 10.1 Å². The van der Waals surface area contributed by atoms with Crippen LogP contribution in [0.3, 0.4) is 0 Å². The molecule has 0 atom stereocenters. The number of imide groups is 1. The van der Waals surface area contributed by atoms with Gasteiger partial charge in [0, 0.05) is 0 Å². The van der Waals surface area contributed by atoms with Gasteiger partial charge in [-0.1, -0.05) is 48.0 Å². The fraction of sp³-hybridized carbons (Fsp3) is 0.136. The van der Waals surface area contributed by atoms with Crippen molar-refractivity contribution in [2.45, 2.75) is 13.5 Å². The Morgan fingerprint density at radius 3 is 2.59 bits per heavy atom. The topological polar surface area (TPSA) is 81.7 Å². The molecule has 0 aliphatic carbocycles. The highest BCUT2D eigenvalue weighted by Crippen LogP contribution is 2.20. The molecule has 0 bridgehead atoms. The number of hydrogen-bond donors (Lipinski definition) is 1. The minimum Gasteiger partial charge on any atom is -0.488 e. The average Bonchev–Trinajstić information content (AvgIpc) is 3.26. The zero-order valence-corrected chi connectivity index (χ0v) is 16.5. The molecule has 1 heterocycles. The fourth-order valence-corrected chi connectivity index (χ4v) is 3.18. The van der Waals surface area contributed by atoms with E-state index in [0.717, 1.165) is 11.1 Å². The monoisotopic (exact) mass is 409 g/mol. The zero-order valence-electron chi connectivity index (χ0n) is 15.7. The molecule has 1 aromatic heterocycles. The van der Waals surface area contributed by atoms with Crippen molar-refractivity contribution in [3.63, 3.8) is 0 Å². The van der Waals surface area contributed by atoms with E-state index in [2.05, 4.69) is 5.32 Å². The number of thiophene rings is 1. The Bertz CT molecular complexity index is 1010. The predicted molar refractivity (Wildman–Crippen MR) is 109 cm³/mol. The summed E-state index contributed by atoms with van der Waals surface area (Å²) in [6.07, 6.45) is 0. The Hall–Kier alpha value is -3.45. The molecule has 2 amide bonds. The third-order valence-electron chi connectivity index (χ3n) is 3.92. The largest absolute Gasteiger partial charge is 0.488 e. The van der Waals surface area contributed by atoms with Gasteiger partial charge in [-0.25, -0.2) is 4.79 Å². The zero-order chi connectivity index (χ0) is 20.6. The van der Waals surface area contributed by atoms with Gasteiger partial charge in [-0.15, -0.1) is 11.3 Å². The van der Waals surface area contributed by atoms with Crippen LogP contribution in [0.2, 0.25) is 0 Å². The van der Waals surface area contributed by atoms with Gasteiger partial charge in [0.15, 0.2) is 6.61 Å². The van der Waals surface area contributed by atoms with Gasteiger partial charge in [-0.2, -0.15) is 0 Å². The molecule has 3 rings (SSSR count). The lowest BCUT2D eigenvalue weighted by molar-refractivity contribution is -0.123. The van der Waals surface area contributed by atoms with Crippen molar-refractivity contribution in [3.05, 3.63) is 87.6 Å². The molecule has 0 unspecified atom stereocenters. The predicted octanol–water partition coefficient (Wildman–Crippen LogP) is 3.75. The highest BCUT2D eigenvalue weighted by atomic mass is 32.1. The van der Waals surface area contributed by atoms with E-state index in [-0.39, 0.29) is 5.56 Å². The number of amides is 2. The molecular weight excluding hydrogens is 390 g/mol. The number of aryl methyl sites for hydroxylation is 1. The smallest absolute Gasteiger partial charge is 0.342 e. The van der Waals surface area contributed by atoms with Crippen LogP contribution in [0.15, 0.2) is 66.0 Å². The molecule has 0 aliphatic rings. The Kier molecular flexibility index (Phi) is 6.76. The molecule has 0 saturated carbocycles. The highest BCUT2D eigenvalue weighted by molar-refractivity contribution is 7.12. The average molecular weight is 409 g/mol. The van der Waals surface area contributed by atoms with E-state index in [0.29, 0.717) is 17.2 Å². The van der Waals surface area contributed by atoms with E-state index in [1.54, 1.807) is 41.8 Å². The third kappa shape index (κ3) is 5.76. The Labute approximate surface area is 172 Å². The summed E-state index contributed by atoms with van der Waals surface area (Å²) in [5.41, 5.74) is 2.29. The molecule has 0 spiro atoms. The summed E-state index contributed by atoms with van der Waals surface area (Å²) in [6, 6.07) is 17.8. The molecule has 29 heavy (non-hydrogen) atoms. The van der Waals surface area contributed by atoms with Crippen molar-refractivity contribution in [2.24, 2.45) is 0 Å². The van der Waals surface area contributed by atoms with Crippen LogP contribution >= 0.6 is 11.3 Å². The van der Waals surface area contributed by atoms with Crippen molar-refractivity contribution < 1.29 is 23.9 Å². The second-order valence-electron chi connectivity index (χ2n) is 6.20. The number of esters is 1. The van der Waals surface area contributed by atoms with Crippen molar-refractivity contribution in [1.82, 2.24) is 5.32 Å². The van der Waals surface area contributed by atoms with E-state index in [9.17, 15) is 14.4 Å². The van der Waals surface area contributed by atoms with Crippen molar-refractivity contribution >= 4 is 29.1 Å². The van der Waals surface area contributed by atoms with Crippen molar-refractivity contribution in [3.8, 4) is 5.75 Å². The first-order valence-corrected chi connectivity index (χ1v) is 9.73. The van der Waals surface area contributed by atoms with Gasteiger partial charge in [0.1, 0.15) is 17.9 Å². The summed E-state index contributed by atoms with van der Waals surface area (Å²) in [5, 5.41) is 3.91. The molecule has 0 saturated heterocycles. The summed E-state index contributed by atoms with van der Waals surface area (Å²) in [4.78, 5) is 36.5. The van der Waals surface area contributed by atoms with Gasteiger partial charge in [0.2, 0.25) is 0 Å². The quantitative estimate of drug-likeness (QED) is 0.601. The molecule has 0 radical (unpaired) electrons. The van der Waals surface area contributed by atoms with Crippen LogP contribution in [-0.4, -0.2) is 24.4 Å². The van der Waals surface area contributed by atoms with Gasteiger partial charge in [0.25, 0.3) is 11.8 Å². The number of rotatable bonds is 7. The molecule has 1 N–H and O–H groups in total. The van der Waals surface area contributed by atoms with Crippen molar-refractivity contribution in [2.75, 3.05) is 6.61 Å². The summed E-state index contributed by atoms with van der Waals surface area (Å²) < 4.78 is 10.8. The lowest BCUT2D eigenvalue weighted by Gasteiger charge is -2.11. The van der Waals surface area contributed by atoms with Gasteiger partial charge >= 0.3 is 5.97 Å². The van der Waals surface area contributed by atoms with Gasteiger partial charge in [0.05, 0.1) is 4.88 Å². The standard InChI is InChI=1S/C22H19NO5S/c1-15-6-4-7-16(12-15)13-27-18-9-3-2-8-17(18)22(26)28-14-20(24)23-21(25)19-10-5-11-29-19/h2-12H,13-14H2,1H3,(H,23,24,25). The fourth-order valence-electron chi connectivity index (χ4n) is 2.57. The maximum absolute atomic E-state index is 12.4.